The zero-order valence-electron chi connectivity index (χ0n) is 7.17. The summed E-state index contributed by atoms with van der Waals surface area (Å²) in [6.07, 6.45) is -4.56. The van der Waals surface area contributed by atoms with Gasteiger partial charge in [0.15, 0.2) is 0 Å². The van der Waals surface area contributed by atoms with E-state index in [0.717, 1.165) is 6.20 Å². The highest BCUT2D eigenvalue weighted by Crippen LogP contribution is 2.30. The van der Waals surface area contributed by atoms with Crippen LogP contribution in [0.25, 0.3) is 0 Å². The minimum atomic E-state index is -4.47. The van der Waals surface area contributed by atoms with Gasteiger partial charge in [-0.15, -0.1) is 0 Å². The lowest BCUT2D eigenvalue weighted by atomic mass is 10.1. The van der Waals surface area contributed by atoms with Crippen LogP contribution in [-0.2, 0) is 12.6 Å². The number of aromatic amines is 1. The van der Waals surface area contributed by atoms with E-state index in [2.05, 4.69) is 5.10 Å². The SMILES string of the molecule is NCC(O)Cc1cn[nH]c1C(F)(F)F. The number of halogens is 3. The summed E-state index contributed by atoms with van der Waals surface area (Å²) in [5.74, 6) is 0. The Balaban J connectivity index is 2.83. The first-order chi connectivity index (χ1) is 6.45. The molecular formula is C7H10F3N3O. The third-order valence-corrected chi connectivity index (χ3v) is 1.73. The molecule has 0 fully saturated rings. The summed E-state index contributed by atoms with van der Waals surface area (Å²) in [5, 5.41) is 14.2. The predicted octanol–water partition coefficient (Wildman–Crippen LogP) is 0.291. The highest BCUT2D eigenvalue weighted by Gasteiger charge is 2.35. The summed E-state index contributed by atoms with van der Waals surface area (Å²) < 4.78 is 36.8. The van der Waals surface area contributed by atoms with E-state index >= 15 is 0 Å². The van der Waals surface area contributed by atoms with Gasteiger partial charge in [-0.1, -0.05) is 0 Å². The second kappa shape index (κ2) is 3.97. The van der Waals surface area contributed by atoms with Gasteiger partial charge in [-0.3, -0.25) is 5.10 Å². The normalized spacial score (nSPS) is 14.4. The van der Waals surface area contributed by atoms with E-state index in [-0.39, 0.29) is 18.5 Å². The van der Waals surface area contributed by atoms with Crippen molar-refractivity contribution in [2.75, 3.05) is 6.54 Å². The molecule has 1 aromatic rings. The van der Waals surface area contributed by atoms with E-state index in [1.807, 2.05) is 5.10 Å². The Kier molecular flexibility index (Phi) is 3.12. The summed E-state index contributed by atoms with van der Waals surface area (Å²) >= 11 is 0. The average Bonchev–Trinajstić information content (AvgIpc) is 2.51. The number of aliphatic hydroxyl groups is 1. The van der Waals surface area contributed by atoms with Crippen LogP contribution in [0, 0.1) is 0 Å². The number of hydrogen-bond donors (Lipinski definition) is 3. The molecule has 0 spiro atoms. The predicted molar refractivity (Wildman–Crippen MR) is 42.4 cm³/mol. The minimum Gasteiger partial charge on any atom is -0.391 e. The maximum atomic E-state index is 12.3. The average molecular weight is 209 g/mol. The van der Waals surface area contributed by atoms with Gasteiger partial charge < -0.3 is 10.8 Å². The highest BCUT2D eigenvalue weighted by atomic mass is 19.4. The topological polar surface area (TPSA) is 74.9 Å². The van der Waals surface area contributed by atoms with Gasteiger partial charge in [-0.2, -0.15) is 18.3 Å². The number of alkyl halides is 3. The van der Waals surface area contributed by atoms with Gasteiger partial charge in [0.2, 0.25) is 0 Å². The van der Waals surface area contributed by atoms with Crippen LogP contribution in [0.3, 0.4) is 0 Å². The number of rotatable bonds is 3. The van der Waals surface area contributed by atoms with Gasteiger partial charge in [0.05, 0.1) is 12.3 Å². The van der Waals surface area contributed by atoms with Crippen molar-refractivity contribution in [3.8, 4) is 0 Å². The number of hydrogen-bond acceptors (Lipinski definition) is 3. The van der Waals surface area contributed by atoms with Crippen molar-refractivity contribution >= 4 is 0 Å². The van der Waals surface area contributed by atoms with E-state index in [1.165, 1.54) is 0 Å². The van der Waals surface area contributed by atoms with Gasteiger partial charge in [0.25, 0.3) is 0 Å². The van der Waals surface area contributed by atoms with E-state index in [9.17, 15) is 13.2 Å². The zero-order valence-corrected chi connectivity index (χ0v) is 7.17. The number of aliphatic hydroxyl groups excluding tert-OH is 1. The molecule has 0 saturated heterocycles. The summed E-state index contributed by atoms with van der Waals surface area (Å²) in [6, 6.07) is 0. The lowest BCUT2D eigenvalue weighted by Crippen LogP contribution is -2.23. The van der Waals surface area contributed by atoms with Crippen molar-refractivity contribution in [2.24, 2.45) is 5.73 Å². The maximum absolute atomic E-state index is 12.3. The number of nitrogens with one attached hydrogen (secondary N) is 1. The molecule has 0 aliphatic rings. The molecule has 0 radical (unpaired) electrons. The Bertz CT molecular complexity index is 297. The second-order valence-electron chi connectivity index (χ2n) is 2.86. The molecule has 1 atom stereocenters. The number of H-pyrrole nitrogens is 1. The van der Waals surface area contributed by atoms with Crippen LogP contribution in [-0.4, -0.2) is 28.0 Å². The second-order valence-corrected chi connectivity index (χ2v) is 2.86. The van der Waals surface area contributed by atoms with Crippen molar-refractivity contribution < 1.29 is 18.3 Å². The molecule has 0 saturated carbocycles. The summed E-state index contributed by atoms with van der Waals surface area (Å²) in [7, 11) is 0. The van der Waals surface area contributed by atoms with Crippen LogP contribution in [0.2, 0.25) is 0 Å². The fourth-order valence-corrected chi connectivity index (χ4v) is 1.05. The number of nitrogens with two attached hydrogens (primary N) is 1. The van der Waals surface area contributed by atoms with Crippen molar-refractivity contribution in [1.29, 1.82) is 0 Å². The van der Waals surface area contributed by atoms with Gasteiger partial charge in [-0.05, 0) is 0 Å². The largest absolute Gasteiger partial charge is 0.433 e. The molecule has 1 rings (SSSR count). The number of aromatic nitrogens is 2. The third kappa shape index (κ3) is 2.46. The first-order valence-electron chi connectivity index (χ1n) is 3.92. The zero-order chi connectivity index (χ0) is 10.8. The molecule has 80 valence electrons. The molecule has 1 aromatic heterocycles. The molecular weight excluding hydrogens is 199 g/mol. The minimum absolute atomic E-state index is 0.0737. The van der Waals surface area contributed by atoms with Crippen LogP contribution in [0.5, 0.6) is 0 Å². The quantitative estimate of drug-likeness (QED) is 0.669. The van der Waals surface area contributed by atoms with Crippen molar-refractivity contribution in [2.45, 2.75) is 18.7 Å². The maximum Gasteiger partial charge on any atom is 0.433 e. The summed E-state index contributed by atoms with van der Waals surface area (Å²) in [4.78, 5) is 0. The third-order valence-electron chi connectivity index (χ3n) is 1.73. The molecule has 0 aliphatic carbocycles. The molecule has 4 N–H and O–H groups in total. The molecule has 0 aliphatic heterocycles. The lowest BCUT2D eigenvalue weighted by Gasteiger charge is -2.09. The van der Waals surface area contributed by atoms with Gasteiger partial charge in [0.1, 0.15) is 5.69 Å². The van der Waals surface area contributed by atoms with Crippen molar-refractivity contribution in [1.82, 2.24) is 10.2 Å². The Morgan fingerprint density at radius 1 is 1.57 bits per heavy atom. The Morgan fingerprint density at radius 3 is 2.71 bits per heavy atom. The first kappa shape index (κ1) is 11.0. The van der Waals surface area contributed by atoms with E-state index < -0.39 is 18.0 Å². The Hall–Kier alpha value is -1.08. The van der Waals surface area contributed by atoms with Gasteiger partial charge in [-0.25, -0.2) is 0 Å². The molecule has 0 aromatic carbocycles. The van der Waals surface area contributed by atoms with Crippen LogP contribution in [0.4, 0.5) is 13.2 Å². The fraction of sp³-hybridized carbons (Fsp3) is 0.571. The fourth-order valence-electron chi connectivity index (χ4n) is 1.05. The molecule has 14 heavy (non-hydrogen) atoms. The van der Waals surface area contributed by atoms with Crippen LogP contribution >= 0.6 is 0 Å². The van der Waals surface area contributed by atoms with Crippen molar-refractivity contribution in [3.05, 3.63) is 17.5 Å². The monoisotopic (exact) mass is 209 g/mol. The Morgan fingerprint density at radius 2 is 2.21 bits per heavy atom. The van der Waals surface area contributed by atoms with Crippen LogP contribution < -0.4 is 5.73 Å². The highest BCUT2D eigenvalue weighted by molar-refractivity contribution is 5.20. The lowest BCUT2D eigenvalue weighted by molar-refractivity contribution is -0.141. The number of nitrogens with zero attached hydrogens (tertiary/aromatic N) is 1. The standard InChI is InChI=1S/C7H10F3N3O/c8-7(9,10)6-4(3-12-13-6)1-5(14)2-11/h3,5,14H,1-2,11H2,(H,12,13). The molecule has 1 unspecified atom stereocenters. The van der Waals surface area contributed by atoms with Crippen LogP contribution in [0.1, 0.15) is 11.3 Å². The molecule has 0 bridgehead atoms. The van der Waals surface area contributed by atoms with E-state index in [4.69, 9.17) is 10.8 Å². The van der Waals surface area contributed by atoms with E-state index in [0.29, 0.717) is 0 Å². The van der Waals surface area contributed by atoms with E-state index in [1.54, 1.807) is 0 Å². The van der Waals surface area contributed by atoms with Crippen molar-refractivity contribution in [3.63, 3.8) is 0 Å². The molecule has 4 nitrogen and oxygen atoms in total. The van der Waals surface area contributed by atoms with Gasteiger partial charge >= 0.3 is 6.18 Å². The van der Waals surface area contributed by atoms with Gasteiger partial charge in [0, 0.05) is 18.5 Å². The summed E-state index contributed by atoms with van der Waals surface area (Å²) in [6.45, 7) is -0.0809. The first-order valence-corrected chi connectivity index (χ1v) is 3.92. The smallest absolute Gasteiger partial charge is 0.391 e. The molecule has 1 heterocycles. The Labute approximate surface area is 77.9 Å². The molecule has 0 amide bonds. The summed E-state index contributed by atoms with van der Waals surface area (Å²) in [5.41, 5.74) is 4.09. The van der Waals surface area contributed by atoms with Crippen LogP contribution in [0.15, 0.2) is 6.20 Å². The molecule has 7 heteroatoms.